The minimum atomic E-state index is -4.62. The molecule has 18 heteroatoms. The van der Waals surface area contributed by atoms with Gasteiger partial charge in [0.1, 0.15) is 11.9 Å². The van der Waals surface area contributed by atoms with Crippen molar-refractivity contribution in [3.8, 4) is 0 Å². The van der Waals surface area contributed by atoms with Gasteiger partial charge >= 0.3 is 6.18 Å². The van der Waals surface area contributed by atoms with Crippen molar-refractivity contribution in [3.63, 3.8) is 0 Å². The van der Waals surface area contributed by atoms with Crippen LogP contribution in [0, 0.1) is 18.4 Å². The quantitative estimate of drug-likeness (QED) is 0.201. The molecule has 0 bridgehead atoms. The predicted octanol–water partition coefficient (Wildman–Crippen LogP) is 4.88. The van der Waals surface area contributed by atoms with Crippen molar-refractivity contribution >= 4 is 58.1 Å². The average molecular weight is 869 g/mol. The van der Waals surface area contributed by atoms with Crippen molar-refractivity contribution in [2.45, 2.75) is 50.7 Å². The van der Waals surface area contributed by atoms with E-state index in [0.29, 0.717) is 48.9 Å². The van der Waals surface area contributed by atoms with Gasteiger partial charge in [0.2, 0.25) is 17.7 Å². The normalized spacial score (nSPS) is 20.6. The Morgan fingerprint density at radius 2 is 1.46 bits per heavy atom. The number of benzene rings is 2. The summed E-state index contributed by atoms with van der Waals surface area (Å²) in [6.45, 7) is 15.9. The smallest absolute Gasteiger partial charge is 0.372 e. The maximum absolute atomic E-state index is 13.5. The Hall–Kier alpha value is -6.06. The van der Waals surface area contributed by atoms with Gasteiger partial charge in [-0.3, -0.25) is 39.1 Å². The SMILES string of the molecule is [C-]#[N+]c1ccc(N2CCC(C(=O)Nc3ccc(N4CCC(CN(C)CCN5CCN(c6ccc7c(c6)C(=O)N(C6CCC(=O)NC6=O)C7=O)CC5)CC4)cn3)CC2)cc1C(F)(F)F. The fourth-order valence-electron chi connectivity index (χ4n) is 9.42. The summed E-state index contributed by atoms with van der Waals surface area (Å²) < 4.78 is 40.5. The first-order chi connectivity index (χ1) is 30.2. The molecule has 4 fully saturated rings. The number of carbonyl (C=O) groups excluding carboxylic acids is 5. The van der Waals surface area contributed by atoms with Crippen molar-refractivity contribution in [1.29, 1.82) is 0 Å². The Balaban J connectivity index is 0.726. The zero-order valence-corrected chi connectivity index (χ0v) is 35.2. The second kappa shape index (κ2) is 18.3. The number of alkyl halides is 3. The lowest BCUT2D eigenvalue weighted by molar-refractivity contribution is -0.137. The van der Waals surface area contributed by atoms with Crippen LogP contribution >= 0.6 is 0 Å². The summed E-state index contributed by atoms with van der Waals surface area (Å²) in [5.41, 5.74) is 1.47. The van der Waals surface area contributed by atoms with Crippen LogP contribution in [0.15, 0.2) is 54.7 Å². The number of aromatic nitrogens is 1. The summed E-state index contributed by atoms with van der Waals surface area (Å²) >= 11 is 0. The van der Waals surface area contributed by atoms with Gasteiger partial charge in [-0.1, -0.05) is 6.07 Å². The van der Waals surface area contributed by atoms with Gasteiger partial charge in [0.15, 0.2) is 5.69 Å². The molecule has 332 valence electrons. The van der Waals surface area contributed by atoms with Crippen molar-refractivity contribution in [3.05, 3.63) is 82.8 Å². The van der Waals surface area contributed by atoms with E-state index in [9.17, 15) is 37.1 Å². The number of anilines is 4. The Bertz CT molecular complexity index is 2280. The monoisotopic (exact) mass is 868 g/mol. The zero-order valence-electron chi connectivity index (χ0n) is 35.2. The molecule has 5 aliphatic heterocycles. The van der Waals surface area contributed by atoms with Gasteiger partial charge in [0, 0.05) is 95.7 Å². The van der Waals surface area contributed by atoms with Crippen LogP contribution in [0.5, 0.6) is 0 Å². The standard InChI is InChI=1S/C45H51F3N10O5/c1-49-37-7-4-32(26-36(37)45(46,47)48)55-17-13-30(14-18-55)41(60)51-39-9-5-33(27-50-39)56-15-11-29(12-16-56)28-53(2)19-20-54-21-23-57(24-22-54)31-3-6-34-35(25-31)44(63)58(43(34)62)38-8-10-40(59)52-42(38)61/h3-7,9,25-27,29-30,38H,8,10-24,28H2,2H3,(H,50,51,60)(H,52,59,61). The molecule has 63 heavy (non-hydrogen) atoms. The average Bonchev–Trinajstić information content (AvgIpc) is 3.53. The van der Waals surface area contributed by atoms with Gasteiger partial charge < -0.3 is 24.9 Å². The molecule has 2 aromatic carbocycles. The lowest BCUT2D eigenvalue weighted by Crippen LogP contribution is -2.54. The third-order valence-corrected chi connectivity index (χ3v) is 13.1. The fourth-order valence-corrected chi connectivity index (χ4v) is 9.42. The first-order valence-corrected chi connectivity index (χ1v) is 21.6. The Morgan fingerprint density at radius 3 is 2.13 bits per heavy atom. The number of rotatable bonds is 11. The lowest BCUT2D eigenvalue weighted by atomic mass is 9.95. The second-order valence-corrected chi connectivity index (χ2v) is 17.2. The summed E-state index contributed by atoms with van der Waals surface area (Å²) in [6.07, 6.45) is 0.470. The highest BCUT2D eigenvalue weighted by molar-refractivity contribution is 6.23. The van der Waals surface area contributed by atoms with Crippen molar-refractivity contribution in [1.82, 2.24) is 25.0 Å². The van der Waals surface area contributed by atoms with E-state index in [0.717, 1.165) is 94.1 Å². The van der Waals surface area contributed by atoms with E-state index in [1.165, 1.54) is 12.1 Å². The molecule has 0 aliphatic carbocycles. The topological polar surface area (TPSA) is 146 Å². The van der Waals surface area contributed by atoms with Crippen molar-refractivity contribution < 1.29 is 37.1 Å². The maximum Gasteiger partial charge on any atom is 0.407 e. The summed E-state index contributed by atoms with van der Waals surface area (Å²) in [6, 6.07) is 11.8. The zero-order chi connectivity index (χ0) is 44.4. The number of amides is 5. The molecular formula is C45H51F3N10O5. The Morgan fingerprint density at radius 1 is 0.825 bits per heavy atom. The highest BCUT2D eigenvalue weighted by atomic mass is 19.4. The van der Waals surface area contributed by atoms with Gasteiger partial charge in [-0.15, -0.1) is 0 Å². The summed E-state index contributed by atoms with van der Waals surface area (Å²) in [5.74, 6) is -1.42. The Labute approximate surface area is 364 Å². The summed E-state index contributed by atoms with van der Waals surface area (Å²) in [7, 11) is 2.17. The van der Waals surface area contributed by atoms with Gasteiger partial charge in [0.25, 0.3) is 11.8 Å². The van der Waals surface area contributed by atoms with Gasteiger partial charge in [0.05, 0.1) is 35.1 Å². The molecule has 2 N–H and O–H groups in total. The van der Waals surface area contributed by atoms with Crippen molar-refractivity contribution in [2.75, 3.05) is 99.1 Å². The fraction of sp³-hybridized carbons (Fsp3) is 0.489. The van der Waals surface area contributed by atoms with E-state index in [1.807, 2.05) is 23.1 Å². The highest BCUT2D eigenvalue weighted by Crippen LogP contribution is 2.39. The molecule has 0 radical (unpaired) electrons. The molecule has 1 aromatic heterocycles. The number of piperidine rings is 3. The number of imide groups is 2. The number of hydrogen-bond donors (Lipinski definition) is 2. The number of nitrogens with one attached hydrogen (secondary N) is 2. The molecule has 5 amide bonds. The van der Waals surface area contributed by atoms with Gasteiger partial charge in [-0.2, -0.15) is 13.2 Å². The van der Waals surface area contributed by atoms with Crippen LogP contribution in [0.3, 0.4) is 0 Å². The number of hydrogen-bond acceptors (Lipinski definition) is 11. The largest absolute Gasteiger partial charge is 0.407 e. The van der Waals surface area contributed by atoms with Crippen molar-refractivity contribution in [2.24, 2.45) is 11.8 Å². The van der Waals surface area contributed by atoms with Crippen LogP contribution in [0.25, 0.3) is 4.85 Å². The van der Waals surface area contributed by atoms with Crippen LogP contribution in [0.1, 0.15) is 64.8 Å². The molecule has 1 unspecified atom stereocenters. The van der Waals surface area contributed by atoms with Crippen LogP contribution in [-0.4, -0.2) is 134 Å². The van der Waals surface area contributed by atoms with E-state index < -0.39 is 47.1 Å². The molecular weight excluding hydrogens is 818 g/mol. The minimum absolute atomic E-state index is 0.0817. The molecule has 3 aromatic rings. The van der Waals surface area contributed by atoms with E-state index in [2.05, 4.69) is 47.1 Å². The second-order valence-electron chi connectivity index (χ2n) is 17.2. The van der Waals surface area contributed by atoms with Gasteiger partial charge in [-0.05, 0) is 87.5 Å². The number of piperazine rings is 1. The first-order valence-electron chi connectivity index (χ1n) is 21.6. The van der Waals surface area contributed by atoms with E-state index in [-0.39, 0.29) is 30.2 Å². The van der Waals surface area contributed by atoms with E-state index in [4.69, 9.17) is 6.57 Å². The number of fused-ring (bicyclic) bond motifs is 1. The lowest BCUT2D eigenvalue weighted by Gasteiger charge is -2.38. The van der Waals surface area contributed by atoms with E-state index in [1.54, 1.807) is 18.3 Å². The molecule has 1 atom stereocenters. The predicted molar refractivity (Wildman–Crippen MR) is 230 cm³/mol. The molecule has 4 saturated heterocycles. The Kier molecular flexibility index (Phi) is 12.7. The van der Waals surface area contributed by atoms with Gasteiger partial charge in [-0.25, -0.2) is 9.83 Å². The number of nitrogens with zero attached hydrogens (tertiary/aromatic N) is 8. The molecule has 5 aliphatic rings. The molecule has 6 heterocycles. The first kappa shape index (κ1) is 43.6. The molecule has 8 rings (SSSR count). The summed E-state index contributed by atoms with van der Waals surface area (Å²) in [5, 5.41) is 5.15. The summed E-state index contributed by atoms with van der Waals surface area (Å²) in [4.78, 5) is 83.3. The number of carbonyl (C=O) groups is 5. The highest BCUT2D eigenvalue weighted by Gasteiger charge is 2.45. The number of pyridine rings is 1. The van der Waals surface area contributed by atoms with Crippen LogP contribution in [0.2, 0.25) is 0 Å². The van der Waals surface area contributed by atoms with Crippen LogP contribution < -0.4 is 25.3 Å². The van der Waals surface area contributed by atoms with E-state index >= 15 is 0 Å². The number of likely N-dealkylation sites (N-methyl/N-ethyl adjacent to an activating group) is 1. The minimum Gasteiger partial charge on any atom is -0.372 e. The molecule has 15 nitrogen and oxygen atoms in total. The maximum atomic E-state index is 13.5. The molecule has 0 saturated carbocycles. The number of halogens is 3. The van der Waals surface area contributed by atoms with Crippen LogP contribution in [0.4, 0.5) is 41.7 Å². The third-order valence-electron chi connectivity index (χ3n) is 13.1. The third kappa shape index (κ3) is 9.64. The molecule has 0 spiro atoms. The van der Waals surface area contributed by atoms with Crippen LogP contribution in [-0.2, 0) is 20.6 Å².